The second-order valence-corrected chi connectivity index (χ2v) is 2.44. The lowest BCUT2D eigenvalue weighted by atomic mass is 10.2. The van der Waals surface area contributed by atoms with Gasteiger partial charge in [0.25, 0.3) is 0 Å². The van der Waals surface area contributed by atoms with Crippen molar-refractivity contribution in [3.63, 3.8) is 0 Å². The zero-order chi connectivity index (χ0) is 10.4. The molecule has 0 saturated carbocycles. The van der Waals surface area contributed by atoms with Crippen molar-refractivity contribution < 1.29 is 9.21 Å². The van der Waals surface area contributed by atoms with E-state index >= 15 is 0 Å². The van der Waals surface area contributed by atoms with Gasteiger partial charge in [0.15, 0.2) is 0 Å². The Labute approximate surface area is 80.3 Å². The fraction of sp³-hybridized carbons (Fsp3) is 0. The predicted octanol–water partition coefficient (Wildman–Crippen LogP) is 1.80. The molecule has 0 aliphatic heterocycles. The molecule has 1 heterocycles. The summed E-state index contributed by atoms with van der Waals surface area (Å²) in [7, 11) is 0. The number of carbonyl (C=O) groups excluding carboxylic acids is 1. The van der Waals surface area contributed by atoms with Crippen LogP contribution in [0.2, 0.25) is 0 Å². The van der Waals surface area contributed by atoms with E-state index in [4.69, 9.17) is 4.79 Å². The molecule has 0 unspecified atom stereocenters. The molecule has 0 bridgehead atoms. The maximum Gasteiger partial charge on any atom is 0.343 e. The molecular formula is C11H8O3. The van der Waals surface area contributed by atoms with Crippen molar-refractivity contribution in [3.05, 3.63) is 53.6 Å². The number of hydrogen-bond acceptors (Lipinski definition) is 3. The summed E-state index contributed by atoms with van der Waals surface area (Å²) >= 11 is 0. The van der Waals surface area contributed by atoms with Crippen molar-refractivity contribution >= 4 is 16.7 Å². The van der Waals surface area contributed by atoms with E-state index in [0.717, 1.165) is 5.39 Å². The molecule has 0 aliphatic carbocycles. The highest BCUT2D eigenvalue weighted by atomic mass is 16.4. The molecule has 3 nitrogen and oxygen atoms in total. The molecule has 2 aromatic rings. The summed E-state index contributed by atoms with van der Waals surface area (Å²) < 4.78 is 4.68. The van der Waals surface area contributed by atoms with Gasteiger partial charge < -0.3 is 4.42 Å². The van der Waals surface area contributed by atoms with Crippen LogP contribution in [0.5, 0.6) is 0 Å². The normalized spacial score (nSPS) is 8.57. The number of rotatable bonds is 0. The predicted molar refractivity (Wildman–Crippen MR) is 53.8 cm³/mol. The summed E-state index contributed by atoms with van der Waals surface area (Å²) in [6.45, 7) is 2.68. The number of benzene rings is 1. The van der Waals surface area contributed by atoms with Crippen LogP contribution in [0.15, 0.2) is 52.4 Å². The maximum atomic E-state index is 11.0. The zero-order valence-corrected chi connectivity index (χ0v) is 7.40. The SMILES string of the molecule is C=C=O.O=c1occc2ccccc12. The average molecular weight is 188 g/mol. The summed E-state index contributed by atoms with van der Waals surface area (Å²) in [6, 6.07) is 9.12. The van der Waals surface area contributed by atoms with E-state index in [2.05, 4.69) is 11.0 Å². The topological polar surface area (TPSA) is 47.3 Å². The van der Waals surface area contributed by atoms with Crippen LogP contribution in [-0.4, -0.2) is 5.94 Å². The van der Waals surface area contributed by atoms with Gasteiger partial charge in [-0.05, 0) is 24.1 Å². The van der Waals surface area contributed by atoms with Gasteiger partial charge in [0.1, 0.15) is 5.94 Å². The van der Waals surface area contributed by atoms with Gasteiger partial charge in [-0.1, -0.05) is 18.2 Å². The van der Waals surface area contributed by atoms with Gasteiger partial charge in [0, 0.05) is 0 Å². The highest BCUT2D eigenvalue weighted by Crippen LogP contribution is 2.06. The molecule has 2 rings (SSSR count). The second kappa shape index (κ2) is 4.80. The molecule has 0 aliphatic rings. The molecule has 0 saturated heterocycles. The van der Waals surface area contributed by atoms with Gasteiger partial charge in [-0.2, -0.15) is 0 Å². The molecule has 0 amide bonds. The lowest BCUT2D eigenvalue weighted by Crippen LogP contribution is -1.96. The minimum absolute atomic E-state index is 0.275. The molecule has 0 atom stereocenters. The highest BCUT2D eigenvalue weighted by molar-refractivity contribution is 5.80. The first-order valence-electron chi connectivity index (χ1n) is 3.90. The van der Waals surface area contributed by atoms with E-state index in [-0.39, 0.29) is 5.63 Å². The standard InChI is InChI=1S/C9H6O2.C2H2O/c10-9-8-4-2-1-3-7(8)5-6-11-9;1-2-3/h1-6H;1H2. The molecule has 3 heteroatoms. The van der Waals surface area contributed by atoms with Gasteiger partial charge in [-0.15, -0.1) is 0 Å². The largest absolute Gasteiger partial charge is 0.431 e. The Morgan fingerprint density at radius 3 is 2.50 bits per heavy atom. The molecule has 0 radical (unpaired) electrons. The Hall–Kier alpha value is -2.12. The second-order valence-electron chi connectivity index (χ2n) is 2.44. The van der Waals surface area contributed by atoms with E-state index in [9.17, 15) is 4.79 Å². The van der Waals surface area contributed by atoms with Crippen LogP contribution >= 0.6 is 0 Å². The van der Waals surface area contributed by atoms with Crippen LogP contribution in [-0.2, 0) is 4.79 Å². The lowest BCUT2D eigenvalue weighted by molar-refractivity contribution is 0.519. The van der Waals surface area contributed by atoms with Crippen molar-refractivity contribution in [2.45, 2.75) is 0 Å². The zero-order valence-electron chi connectivity index (χ0n) is 7.40. The van der Waals surface area contributed by atoms with Gasteiger partial charge in [0.05, 0.1) is 11.6 Å². The molecule has 70 valence electrons. The first-order chi connectivity index (χ1) is 6.79. The summed E-state index contributed by atoms with van der Waals surface area (Å²) in [6.07, 6.45) is 1.41. The van der Waals surface area contributed by atoms with E-state index in [1.807, 2.05) is 18.2 Å². The molecule has 0 spiro atoms. The molecule has 0 fully saturated rings. The minimum atomic E-state index is -0.275. The summed E-state index contributed by atoms with van der Waals surface area (Å²) in [4.78, 5) is 19.6. The van der Waals surface area contributed by atoms with E-state index < -0.39 is 0 Å². The summed E-state index contributed by atoms with van der Waals surface area (Å²) in [5.41, 5.74) is -0.275. The Balaban J connectivity index is 0.000000293. The quantitative estimate of drug-likeness (QED) is 0.592. The van der Waals surface area contributed by atoms with Crippen LogP contribution in [0.25, 0.3) is 10.8 Å². The van der Waals surface area contributed by atoms with Crippen molar-refractivity contribution in [1.82, 2.24) is 0 Å². The molecule has 1 aromatic heterocycles. The number of hydrogen-bond donors (Lipinski definition) is 0. The third-order valence-corrected chi connectivity index (χ3v) is 1.60. The van der Waals surface area contributed by atoms with Gasteiger partial charge in [-0.25, -0.2) is 9.59 Å². The van der Waals surface area contributed by atoms with Crippen LogP contribution in [0.1, 0.15) is 0 Å². The molecule has 0 N–H and O–H groups in total. The van der Waals surface area contributed by atoms with Gasteiger partial charge in [0.2, 0.25) is 0 Å². The van der Waals surface area contributed by atoms with Crippen molar-refractivity contribution in [3.8, 4) is 0 Å². The van der Waals surface area contributed by atoms with Crippen molar-refractivity contribution in [1.29, 1.82) is 0 Å². The highest BCUT2D eigenvalue weighted by Gasteiger charge is 1.94. The van der Waals surface area contributed by atoms with Crippen LogP contribution in [0, 0.1) is 0 Å². The fourth-order valence-corrected chi connectivity index (χ4v) is 1.06. The van der Waals surface area contributed by atoms with E-state index in [1.165, 1.54) is 12.2 Å². The first kappa shape index (κ1) is 9.96. The fourth-order valence-electron chi connectivity index (χ4n) is 1.06. The third-order valence-electron chi connectivity index (χ3n) is 1.60. The Morgan fingerprint density at radius 2 is 1.86 bits per heavy atom. The maximum absolute atomic E-state index is 11.0. The Kier molecular flexibility index (Phi) is 3.41. The third kappa shape index (κ3) is 2.19. The van der Waals surface area contributed by atoms with E-state index in [0.29, 0.717) is 5.39 Å². The van der Waals surface area contributed by atoms with Crippen LogP contribution in [0.4, 0.5) is 0 Å². The Bertz CT molecular complexity index is 500. The van der Waals surface area contributed by atoms with Crippen molar-refractivity contribution in [2.24, 2.45) is 0 Å². The summed E-state index contributed by atoms with van der Waals surface area (Å²) in [5, 5.41) is 1.55. The number of fused-ring (bicyclic) bond motifs is 1. The van der Waals surface area contributed by atoms with Crippen LogP contribution < -0.4 is 5.63 Å². The summed E-state index contributed by atoms with van der Waals surface area (Å²) in [5.74, 6) is 1.25. The average Bonchev–Trinajstić information content (AvgIpc) is 2.20. The lowest BCUT2D eigenvalue weighted by Gasteiger charge is -1.91. The molecule has 14 heavy (non-hydrogen) atoms. The molecule has 1 aromatic carbocycles. The van der Waals surface area contributed by atoms with Crippen molar-refractivity contribution in [2.75, 3.05) is 0 Å². The Morgan fingerprint density at radius 1 is 1.21 bits per heavy atom. The molecular weight excluding hydrogens is 180 g/mol. The smallest absolute Gasteiger partial charge is 0.343 e. The first-order valence-corrected chi connectivity index (χ1v) is 3.90. The van der Waals surface area contributed by atoms with Gasteiger partial charge in [-0.3, -0.25) is 0 Å². The van der Waals surface area contributed by atoms with E-state index in [1.54, 1.807) is 12.1 Å². The van der Waals surface area contributed by atoms with Crippen LogP contribution in [0.3, 0.4) is 0 Å². The van der Waals surface area contributed by atoms with Gasteiger partial charge >= 0.3 is 5.63 Å². The monoisotopic (exact) mass is 188 g/mol. The minimum Gasteiger partial charge on any atom is -0.431 e.